The molecule has 0 atom stereocenters. The lowest BCUT2D eigenvalue weighted by molar-refractivity contribution is 0.0600. The zero-order valence-electron chi connectivity index (χ0n) is 14.3. The lowest BCUT2D eigenvalue weighted by Gasteiger charge is -2.04. The van der Waals surface area contributed by atoms with Gasteiger partial charge in [-0.15, -0.1) is 0 Å². The van der Waals surface area contributed by atoms with E-state index in [2.05, 4.69) is 9.73 Å². The van der Waals surface area contributed by atoms with Gasteiger partial charge in [-0.2, -0.15) is 4.99 Å². The number of carbonyl (C=O) groups excluding carboxylic acids is 2. The zero-order valence-corrected chi connectivity index (χ0v) is 15.9. The number of aryl methyl sites for hydroxylation is 1. The van der Waals surface area contributed by atoms with Crippen molar-refractivity contribution in [2.75, 3.05) is 14.2 Å². The number of ether oxygens (including phenoxy) is 2. The Morgan fingerprint density at radius 1 is 1.08 bits per heavy atom. The number of esters is 1. The fraction of sp³-hybridized carbons (Fsp3) is 0.167. The molecule has 3 rings (SSSR count). The molecule has 0 aliphatic rings. The molecule has 0 bridgehead atoms. The highest BCUT2D eigenvalue weighted by Crippen LogP contribution is 2.32. The third-order valence-electron chi connectivity index (χ3n) is 3.83. The van der Waals surface area contributed by atoms with Crippen LogP contribution in [0.1, 0.15) is 20.7 Å². The van der Waals surface area contributed by atoms with E-state index >= 15 is 0 Å². The summed E-state index contributed by atoms with van der Waals surface area (Å²) in [6.07, 6.45) is 0. The van der Waals surface area contributed by atoms with Crippen LogP contribution in [0.3, 0.4) is 0 Å². The summed E-state index contributed by atoms with van der Waals surface area (Å²) in [5, 5.41) is 0.567. The molecule has 0 N–H and O–H groups in total. The van der Waals surface area contributed by atoms with Gasteiger partial charge in [0, 0.05) is 12.6 Å². The van der Waals surface area contributed by atoms with E-state index in [1.807, 2.05) is 0 Å². The lowest BCUT2D eigenvalue weighted by Crippen LogP contribution is -2.13. The molecule has 134 valence electrons. The maximum Gasteiger partial charge on any atom is 0.337 e. The average Bonchev–Trinajstić information content (AvgIpc) is 2.99. The maximum atomic E-state index is 12.5. The Labute approximate surface area is 158 Å². The predicted octanol–water partition coefficient (Wildman–Crippen LogP) is 3.43. The summed E-state index contributed by atoms with van der Waals surface area (Å²) in [5.74, 6) is -0.225. The zero-order chi connectivity index (χ0) is 18.8. The molecule has 0 saturated carbocycles. The largest absolute Gasteiger partial charge is 0.495 e. The minimum Gasteiger partial charge on any atom is -0.495 e. The van der Waals surface area contributed by atoms with Gasteiger partial charge < -0.3 is 14.0 Å². The Hall–Kier alpha value is -2.64. The minimum atomic E-state index is -0.460. The van der Waals surface area contributed by atoms with Gasteiger partial charge in [0.25, 0.3) is 5.91 Å². The number of nitrogens with zero attached hydrogens (tertiary/aromatic N) is 2. The molecule has 0 radical (unpaired) electrons. The first-order valence-electron chi connectivity index (χ1n) is 7.55. The fourth-order valence-electron chi connectivity index (χ4n) is 2.48. The van der Waals surface area contributed by atoms with Gasteiger partial charge >= 0.3 is 5.97 Å². The molecule has 0 saturated heterocycles. The number of aromatic nitrogens is 1. The molecular formula is C18H15ClN2O4S. The highest BCUT2D eigenvalue weighted by atomic mass is 35.5. The Bertz CT molecular complexity index is 1070. The predicted molar refractivity (Wildman–Crippen MR) is 100 cm³/mol. The molecule has 0 fully saturated rings. The number of rotatable bonds is 3. The first-order valence-corrected chi connectivity index (χ1v) is 8.75. The molecule has 6 nitrogen and oxygen atoms in total. The van der Waals surface area contributed by atoms with Crippen LogP contribution in [-0.4, -0.2) is 30.7 Å². The van der Waals surface area contributed by atoms with E-state index in [1.54, 1.807) is 43.0 Å². The van der Waals surface area contributed by atoms with E-state index in [0.717, 1.165) is 10.2 Å². The van der Waals surface area contributed by atoms with Gasteiger partial charge in [0.05, 0.1) is 29.5 Å². The summed E-state index contributed by atoms with van der Waals surface area (Å²) in [6, 6.07) is 9.65. The molecule has 0 spiro atoms. The summed E-state index contributed by atoms with van der Waals surface area (Å²) >= 11 is 7.56. The standard InChI is InChI=1S/C18H15ClN2O4S/c1-21-14-13(24-2)9-8-12(19)15(14)26-18(21)20-16(22)10-4-6-11(7-5-10)17(23)25-3/h4-9H,1-3H3. The molecule has 0 aliphatic heterocycles. The minimum absolute atomic E-state index is 0.369. The number of hydrogen-bond acceptors (Lipinski definition) is 5. The van der Waals surface area contributed by atoms with Crippen LogP contribution in [0.15, 0.2) is 41.4 Å². The topological polar surface area (TPSA) is 69.9 Å². The number of thiazole rings is 1. The molecule has 26 heavy (non-hydrogen) atoms. The van der Waals surface area contributed by atoms with Crippen LogP contribution in [0.2, 0.25) is 5.02 Å². The van der Waals surface area contributed by atoms with E-state index in [0.29, 0.717) is 26.7 Å². The molecule has 3 aromatic rings. The third kappa shape index (κ3) is 3.23. The van der Waals surface area contributed by atoms with Crippen molar-refractivity contribution in [3.8, 4) is 5.75 Å². The summed E-state index contributed by atoms with van der Waals surface area (Å²) in [4.78, 5) is 28.6. The normalized spacial score (nSPS) is 11.6. The van der Waals surface area contributed by atoms with Crippen LogP contribution in [0.4, 0.5) is 0 Å². The van der Waals surface area contributed by atoms with E-state index in [4.69, 9.17) is 16.3 Å². The summed E-state index contributed by atoms with van der Waals surface area (Å²) in [6.45, 7) is 0. The smallest absolute Gasteiger partial charge is 0.337 e. The van der Waals surface area contributed by atoms with E-state index in [-0.39, 0.29) is 0 Å². The van der Waals surface area contributed by atoms with Crippen molar-refractivity contribution in [2.24, 2.45) is 12.0 Å². The number of halogens is 1. The summed E-state index contributed by atoms with van der Waals surface area (Å²) < 4.78 is 12.6. The Kier molecular flexibility index (Phi) is 5.11. The van der Waals surface area contributed by atoms with Crippen molar-refractivity contribution in [3.05, 3.63) is 57.3 Å². The molecule has 8 heteroatoms. The van der Waals surface area contributed by atoms with Gasteiger partial charge in [-0.1, -0.05) is 22.9 Å². The second kappa shape index (κ2) is 7.31. The summed E-state index contributed by atoms with van der Waals surface area (Å²) in [5.41, 5.74) is 1.51. The van der Waals surface area contributed by atoms with Crippen LogP contribution in [0.5, 0.6) is 5.75 Å². The molecule has 2 aromatic carbocycles. The van der Waals surface area contributed by atoms with Gasteiger partial charge in [0.1, 0.15) is 11.3 Å². The third-order valence-corrected chi connectivity index (χ3v) is 5.42. The second-order valence-corrected chi connectivity index (χ2v) is 6.74. The van der Waals surface area contributed by atoms with Crippen LogP contribution in [0.25, 0.3) is 10.2 Å². The number of carbonyl (C=O) groups is 2. The number of fused-ring (bicyclic) bond motifs is 1. The van der Waals surface area contributed by atoms with Crippen molar-refractivity contribution < 1.29 is 19.1 Å². The van der Waals surface area contributed by atoms with E-state index in [9.17, 15) is 9.59 Å². The van der Waals surface area contributed by atoms with Gasteiger partial charge in [-0.25, -0.2) is 4.79 Å². The molecule has 1 aromatic heterocycles. The molecule has 1 heterocycles. The van der Waals surface area contributed by atoms with Crippen molar-refractivity contribution in [1.29, 1.82) is 0 Å². The number of amides is 1. The van der Waals surface area contributed by atoms with E-state index in [1.165, 1.54) is 30.6 Å². The molecule has 0 unspecified atom stereocenters. The SMILES string of the molecule is COC(=O)c1ccc(C(=O)N=c2sc3c(Cl)ccc(OC)c3n2C)cc1. The van der Waals surface area contributed by atoms with Crippen LogP contribution < -0.4 is 9.54 Å². The second-order valence-electron chi connectivity index (χ2n) is 5.36. The highest BCUT2D eigenvalue weighted by Gasteiger charge is 2.14. The fourth-order valence-corrected chi connectivity index (χ4v) is 3.79. The molecule has 1 amide bonds. The van der Waals surface area contributed by atoms with Crippen molar-refractivity contribution in [2.45, 2.75) is 0 Å². The van der Waals surface area contributed by atoms with Crippen LogP contribution >= 0.6 is 22.9 Å². The van der Waals surface area contributed by atoms with Crippen molar-refractivity contribution >= 4 is 45.0 Å². The summed E-state index contributed by atoms with van der Waals surface area (Å²) in [7, 11) is 4.67. The number of hydrogen-bond donors (Lipinski definition) is 0. The molecular weight excluding hydrogens is 376 g/mol. The van der Waals surface area contributed by atoms with Gasteiger partial charge in [-0.3, -0.25) is 4.79 Å². The maximum absolute atomic E-state index is 12.5. The first-order chi connectivity index (χ1) is 12.5. The quantitative estimate of drug-likeness (QED) is 0.642. The van der Waals surface area contributed by atoms with Gasteiger partial charge in [-0.05, 0) is 36.4 Å². The van der Waals surface area contributed by atoms with Crippen molar-refractivity contribution in [3.63, 3.8) is 0 Å². The van der Waals surface area contributed by atoms with Gasteiger partial charge in [0.2, 0.25) is 0 Å². The van der Waals surface area contributed by atoms with Crippen molar-refractivity contribution in [1.82, 2.24) is 4.57 Å². The number of benzene rings is 2. The molecule has 0 aliphatic carbocycles. The average molecular weight is 391 g/mol. The Balaban J connectivity index is 2.04. The highest BCUT2D eigenvalue weighted by molar-refractivity contribution is 7.17. The van der Waals surface area contributed by atoms with Crippen LogP contribution in [0, 0.1) is 0 Å². The monoisotopic (exact) mass is 390 g/mol. The Morgan fingerprint density at radius 2 is 1.73 bits per heavy atom. The Morgan fingerprint density at radius 3 is 2.35 bits per heavy atom. The number of methoxy groups -OCH3 is 2. The van der Waals surface area contributed by atoms with Gasteiger partial charge in [0.15, 0.2) is 4.80 Å². The van der Waals surface area contributed by atoms with E-state index < -0.39 is 11.9 Å². The van der Waals surface area contributed by atoms with Crippen LogP contribution in [-0.2, 0) is 11.8 Å². The lowest BCUT2D eigenvalue weighted by atomic mass is 10.1. The first kappa shape index (κ1) is 18.2.